The fraction of sp³-hybridized carbons (Fsp3) is 0.208. The highest BCUT2D eigenvalue weighted by Crippen LogP contribution is 2.33. The molecule has 3 aromatic carbocycles. The standard InChI is InChI=1S/C24H24N2O5S/c27-24(25-28)31-23-22-9-5-4-8-21(22)14-16-26(23)32(29,30)17-15-18-10-12-20(13-11-18)19-6-2-1-3-7-19/h1-13,23,28H,14-17H2,(H,25,27)/t23-/m0/s1. The number of aryl methyl sites for hydroxylation is 1. The van der Waals surface area contributed by atoms with Crippen LogP contribution in [0.15, 0.2) is 78.9 Å². The maximum absolute atomic E-state index is 13.2. The van der Waals surface area contributed by atoms with E-state index in [9.17, 15) is 13.2 Å². The van der Waals surface area contributed by atoms with Gasteiger partial charge in [0.05, 0.1) is 5.75 Å². The van der Waals surface area contributed by atoms with Crippen LogP contribution < -0.4 is 5.48 Å². The number of nitrogens with zero attached hydrogens (tertiary/aromatic N) is 1. The van der Waals surface area contributed by atoms with E-state index < -0.39 is 22.3 Å². The summed E-state index contributed by atoms with van der Waals surface area (Å²) in [6.45, 7) is 0.190. The number of hydroxylamine groups is 1. The molecule has 0 fully saturated rings. The summed E-state index contributed by atoms with van der Waals surface area (Å²) in [5, 5.41) is 8.87. The predicted octanol–water partition coefficient (Wildman–Crippen LogP) is 3.90. The zero-order valence-corrected chi connectivity index (χ0v) is 18.2. The lowest BCUT2D eigenvalue weighted by Crippen LogP contribution is -2.44. The van der Waals surface area contributed by atoms with Crippen molar-refractivity contribution in [1.82, 2.24) is 9.79 Å². The van der Waals surface area contributed by atoms with Crippen molar-refractivity contribution in [3.05, 3.63) is 95.6 Å². The lowest BCUT2D eigenvalue weighted by molar-refractivity contribution is 0.00239. The maximum Gasteiger partial charge on any atom is 0.432 e. The van der Waals surface area contributed by atoms with Crippen molar-refractivity contribution in [3.8, 4) is 11.1 Å². The van der Waals surface area contributed by atoms with Crippen molar-refractivity contribution in [1.29, 1.82) is 0 Å². The van der Waals surface area contributed by atoms with Crippen molar-refractivity contribution >= 4 is 16.1 Å². The quantitative estimate of drug-likeness (QED) is 0.437. The molecule has 32 heavy (non-hydrogen) atoms. The number of hydrogen-bond donors (Lipinski definition) is 2. The Morgan fingerprint density at radius 3 is 2.34 bits per heavy atom. The average Bonchev–Trinajstić information content (AvgIpc) is 2.83. The molecule has 166 valence electrons. The number of hydrogen-bond acceptors (Lipinski definition) is 5. The molecule has 0 saturated carbocycles. The van der Waals surface area contributed by atoms with Gasteiger partial charge in [-0.15, -0.1) is 0 Å². The van der Waals surface area contributed by atoms with E-state index in [-0.39, 0.29) is 12.3 Å². The highest BCUT2D eigenvalue weighted by atomic mass is 32.2. The molecule has 4 rings (SSSR count). The summed E-state index contributed by atoms with van der Waals surface area (Å²) >= 11 is 0. The molecule has 0 aliphatic carbocycles. The zero-order valence-electron chi connectivity index (χ0n) is 17.3. The van der Waals surface area contributed by atoms with Crippen LogP contribution in [0.5, 0.6) is 0 Å². The van der Waals surface area contributed by atoms with E-state index in [1.807, 2.05) is 66.7 Å². The number of fused-ring (bicyclic) bond motifs is 1. The van der Waals surface area contributed by atoms with Gasteiger partial charge in [0.25, 0.3) is 0 Å². The first-order valence-electron chi connectivity index (χ1n) is 10.3. The Balaban J connectivity index is 1.50. The molecule has 1 atom stereocenters. The summed E-state index contributed by atoms with van der Waals surface area (Å²) < 4.78 is 32.8. The summed E-state index contributed by atoms with van der Waals surface area (Å²) in [6.07, 6.45) is -1.39. The molecular formula is C24H24N2O5S. The molecule has 2 N–H and O–H groups in total. The number of benzene rings is 3. The number of nitrogens with one attached hydrogen (secondary N) is 1. The van der Waals surface area contributed by atoms with Gasteiger partial charge in [0.15, 0.2) is 6.23 Å². The van der Waals surface area contributed by atoms with Gasteiger partial charge in [-0.3, -0.25) is 5.21 Å². The van der Waals surface area contributed by atoms with E-state index in [0.717, 1.165) is 22.3 Å². The van der Waals surface area contributed by atoms with E-state index in [1.54, 1.807) is 12.1 Å². The molecule has 1 aliphatic heterocycles. The largest absolute Gasteiger partial charge is 0.432 e. The molecule has 8 heteroatoms. The molecular weight excluding hydrogens is 428 g/mol. The highest BCUT2D eigenvalue weighted by Gasteiger charge is 2.37. The average molecular weight is 453 g/mol. The topological polar surface area (TPSA) is 95.9 Å². The van der Waals surface area contributed by atoms with Crippen molar-refractivity contribution in [2.45, 2.75) is 19.1 Å². The summed E-state index contributed by atoms with van der Waals surface area (Å²) in [5.41, 5.74) is 5.97. The summed E-state index contributed by atoms with van der Waals surface area (Å²) in [4.78, 5) is 11.7. The number of carbonyl (C=O) groups excluding carboxylic acids is 1. The minimum absolute atomic E-state index is 0.125. The van der Waals surface area contributed by atoms with Gasteiger partial charge in [0.1, 0.15) is 0 Å². The Hall–Kier alpha value is -3.20. The number of sulfonamides is 1. The van der Waals surface area contributed by atoms with Gasteiger partial charge in [0.2, 0.25) is 10.0 Å². The fourth-order valence-corrected chi connectivity index (χ4v) is 5.45. The van der Waals surface area contributed by atoms with Crippen LogP contribution in [0.3, 0.4) is 0 Å². The molecule has 1 aliphatic rings. The van der Waals surface area contributed by atoms with Gasteiger partial charge in [-0.25, -0.2) is 18.7 Å². The van der Waals surface area contributed by atoms with E-state index >= 15 is 0 Å². The molecule has 1 amide bonds. The van der Waals surface area contributed by atoms with Crippen LogP contribution in [0.1, 0.15) is 22.9 Å². The molecule has 3 aromatic rings. The monoisotopic (exact) mass is 452 g/mol. The molecule has 1 heterocycles. The lowest BCUT2D eigenvalue weighted by Gasteiger charge is -2.35. The van der Waals surface area contributed by atoms with Crippen LogP contribution in [-0.2, 0) is 27.6 Å². The third kappa shape index (κ3) is 4.83. The number of rotatable bonds is 6. The number of carbonyl (C=O) groups is 1. The highest BCUT2D eigenvalue weighted by molar-refractivity contribution is 7.89. The van der Waals surface area contributed by atoms with Crippen molar-refractivity contribution in [2.75, 3.05) is 12.3 Å². The van der Waals surface area contributed by atoms with Gasteiger partial charge in [-0.05, 0) is 35.1 Å². The molecule has 0 spiro atoms. The second-order valence-electron chi connectivity index (χ2n) is 7.56. The molecule has 0 saturated heterocycles. The van der Waals surface area contributed by atoms with Crippen LogP contribution in [0.25, 0.3) is 11.1 Å². The van der Waals surface area contributed by atoms with Crippen LogP contribution in [0.2, 0.25) is 0 Å². The third-order valence-corrected chi connectivity index (χ3v) is 7.37. The summed E-state index contributed by atoms with van der Waals surface area (Å²) in [6, 6.07) is 25.0. The number of amides is 1. The Kier molecular flexibility index (Phi) is 6.55. The first kappa shape index (κ1) is 22.0. The van der Waals surface area contributed by atoms with Crippen molar-refractivity contribution in [3.63, 3.8) is 0 Å². The van der Waals surface area contributed by atoms with Gasteiger partial charge < -0.3 is 4.74 Å². The van der Waals surface area contributed by atoms with E-state index in [2.05, 4.69) is 0 Å². The molecule has 0 unspecified atom stereocenters. The van der Waals surface area contributed by atoms with E-state index in [1.165, 1.54) is 9.79 Å². The predicted molar refractivity (Wildman–Crippen MR) is 120 cm³/mol. The number of ether oxygens (including phenoxy) is 1. The first-order chi connectivity index (χ1) is 15.5. The Bertz CT molecular complexity index is 1180. The van der Waals surface area contributed by atoms with Crippen LogP contribution in [0, 0.1) is 0 Å². The van der Waals surface area contributed by atoms with Crippen molar-refractivity contribution < 1.29 is 23.2 Å². The molecule has 7 nitrogen and oxygen atoms in total. The smallest absolute Gasteiger partial charge is 0.423 e. The molecule has 0 aromatic heterocycles. The normalized spacial score (nSPS) is 16.2. The lowest BCUT2D eigenvalue weighted by atomic mass is 10.00. The minimum Gasteiger partial charge on any atom is -0.423 e. The minimum atomic E-state index is -3.74. The van der Waals surface area contributed by atoms with Crippen LogP contribution in [-0.4, -0.2) is 36.3 Å². The van der Waals surface area contributed by atoms with Gasteiger partial charge in [-0.1, -0.05) is 78.9 Å². The Labute approximate surface area is 187 Å². The SMILES string of the molecule is O=C(NO)O[C@H]1c2ccccc2CCN1S(=O)(=O)CCc1ccc(-c2ccccc2)cc1. The third-order valence-electron chi connectivity index (χ3n) is 5.56. The van der Waals surface area contributed by atoms with Gasteiger partial charge >= 0.3 is 6.09 Å². The second-order valence-corrected chi connectivity index (χ2v) is 9.60. The van der Waals surface area contributed by atoms with E-state index in [0.29, 0.717) is 18.4 Å². The zero-order chi connectivity index (χ0) is 22.6. The Morgan fingerprint density at radius 2 is 1.62 bits per heavy atom. The second kappa shape index (κ2) is 9.52. The van der Waals surface area contributed by atoms with Crippen LogP contribution >= 0.6 is 0 Å². The van der Waals surface area contributed by atoms with E-state index in [4.69, 9.17) is 9.94 Å². The Morgan fingerprint density at radius 1 is 0.969 bits per heavy atom. The van der Waals surface area contributed by atoms with Crippen LogP contribution in [0.4, 0.5) is 4.79 Å². The maximum atomic E-state index is 13.2. The first-order valence-corrected chi connectivity index (χ1v) is 11.9. The van der Waals surface area contributed by atoms with Gasteiger partial charge in [0, 0.05) is 12.1 Å². The summed E-state index contributed by atoms with van der Waals surface area (Å²) in [7, 11) is -3.74. The molecule has 0 bridgehead atoms. The molecule has 0 radical (unpaired) electrons. The van der Waals surface area contributed by atoms with Crippen molar-refractivity contribution in [2.24, 2.45) is 0 Å². The fourth-order valence-electron chi connectivity index (χ4n) is 3.90. The summed E-state index contributed by atoms with van der Waals surface area (Å²) in [5.74, 6) is -0.125. The van der Waals surface area contributed by atoms with Gasteiger partial charge in [-0.2, -0.15) is 4.31 Å².